The second-order valence-corrected chi connectivity index (χ2v) is 7.97. The lowest BCUT2D eigenvalue weighted by Gasteiger charge is -2.33. The summed E-state index contributed by atoms with van der Waals surface area (Å²) in [5.74, 6) is 1.90. The number of nitrogens with zero attached hydrogens (tertiary/aromatic N) is 5. The van der Waals surface area contributed by atoms with Crippen LogP contribution < -0.4 is 9.47 Å². The zero-order valence-corrected chi connectivity index (χ0v) is 18.3. The van der Waals surface area contributed by atoms with Gasteiger partial charge in [0.25, 0.3) is 0 Å². The zero-order valence-electron chi connectivity index (χ0n) is 18.3. The molecule has 1 atom stereocenters. The van der Waals surface area contributed by atoms with Gasteiger partial charge < -0.3 is 14.4 Å². The smallest absolute Gasteiger partial charge is 0.249 e. The Morgan fingerprint density at radius 1 is 1.03 bits per heavy atom. The molecule has 0 aliphatic carbocycles. The van der Waals surface area contributed by atoms with Crippen LogP contribution in [0.15, 0.2) is 42.5 Å². The van der Waals surface area contributed by atoms with Crippen molar-refractivity contribution in [1.29, 1.82) is 0 Å². The summed E-state index contributed by atoms with van der Waals surface area (Å²) in [5, 5.41) is 12.9. The van der Waals surface area contributed by atoms with Crippen LogP contribution in [0.3, 0.4) is 0 Å². The summed E-state index contributed by atoms with van der Waals surface area (Å²) in [4.78, 5) is 16.8. The normalized spacial score (nSPS) is 14.3. The molecule has 0 N–H and O–H groups in total. The van der Waals surface area contributed by atoms with Gasteiger partial charge >= 0.3 is 0 Å². The molecule has 1 unspecified atom stereocenters. The van der Waals surface area contributed by atoms with E-state index in [1.165, 1.54) is 10.4 Å². The van der Waals surface area contributed by atoms with Crippen molar-refractivity contribution in [3.8, 4) is 22.9 Å². The summed E-state index contributed by atoms with van der Waals surface area (Å²) >= 11 is 0. The maximum absolute atomic E-state index is 13.5. The number of carbonyl (C=O) groups is 1. The van der Waals surface area contributed by atoms with Crippen LogP contribution in [0.2, 0.25) is 0 Å². The second kappa shape index (κ2) is 8.75. The van der Waals surface area contributed by atoms with Gasteiger partial charge in [0.15, 0.2) is 17.5 Å². The van der Waals surface area contributed by atoms with E-state index >= 15 is 0 Å². The zero-order chi connectivity index (χ0) is 22.0. The summed E-state index contributed by atoms with van der Waals surface area (Å²) in [7, 11) is 3.25. The van der Waals surface area contributed by atoms with E-state index in [0.29, 0.717) is 30.4 Å². The molecule has 1 amide bonds. The third-order valence-corrected chi connectivity index (χ3v) is 5.62. The molecule has 8 nitrogen and oxygen atoms in total. The predicted molar refractivity (Wildman–Crippen MR) is 116 cm³/mol. The lowest BCUT2D eigenvalue weighted by atomic mass is 9.96. The summed E-state index contributed by atoms with van der Waals surface area (Å²) < 4.78 is 10.8. The molecule has 0 fully saturated rings. The van der Waals surface area contributed by atoms with Crippen LogP contribution in [-0.4, -0.2) is 51.8 Å². The van der Waals surface area contributed by atoms with Gasteiger partial charge in [0.2, 0.25) is 11.7 Å². The first-order chi connectivity index (χ1) is 15.0. The maximum Gasteiger partial charge on any atom is 0.249 e. The second-order valence-electron chi connectivity index (χ2n) is 7.97. The number of benzene rings is 2. The number of hydrogen-bond acceptors (Lipinski definition) is 6. The first-order valence-electron chi connectivity index (χ1n) is 10.4. The molecule has 1 aromatic heterocycles. The molecule has 0 saturated heterocycles. The number of tetrazole rings is 1. The Morgan fingerprint density at radius 2 is 1.71 bits per heavy atom. The van der Waals surface area contributed by atoms with Crippen molar-refractivity contribution in [3.05, 3.63) is 53.6 Å². The number of fused-ring (bicyclic) bond motifs is 1. The van der Waals surface area contributed by atoms with Crippen LogP contribution in [0.25, 0.3) is 11.4 Å². The van der Waals surface area contributed by atoms with E-state index in [-0.39, 0.29) is 11.8 Å². The Bertz CT molecular complexity index is 1060. The number of amides is 1. The highest BCUT2D eigenvalue weighted by Gasteiger charge is 2.33. The lowest BCUT2D eigenvalue weighted by Crippen LogP contribution is -2.42. The van der Waals surface area contributed by atoms with E-state index < -0.39 is 6.04 Å². The molecule has 0 spiro atoms. The quantitative estimate of drug-likeness (QED) is 0.608. The van der Waals surface area contributed by atoms with Crippen molar-refractivity contribution >= 4 is 5.91 Å². The van der Waals surface area contributed by atoms with Crippen LogP contribution in [0, 0.1) is 5.92 Å². The Morgan fingerprint density at radius 3 is 2.35 bits per heavy atom. The van der Waals surface area contributed by atoms with Crippen LogP contribution in [0.1, 0.15) is 31.0 Å². The van der Waals surface area contributed by atoms with Crippen molar-refractivity contribution < 1.29 is 14.3 Å². The van der Waals surface area contributed by atoms with E-state index in [4.69, 9.17) is 9.47 Å². The number of aromatic nitrogens is 4. The first kappa shape index (κ1) is 20.8. The van der Waals surface area contributed by atoms with Gasteiger partial charge in [-0.2, -0.15) is 4.80 Å². The molecular weight excluding hydrogens is 394 g/mol. The van der Waals surface area contributed by atoms with Gasteiger partial charge in [-0.05, 0) is 40.8 Å². The maximum atomic E-state index is 13.5. The summed E-state index contributed by atoms with van der Waals surface area (Å²) in [5.41, 5.74) is 3.11. The molecule has 162 valence electrons. The van der Waals surface area contributed by atoms with E-state index in [2.05, 4.69) is 15.4 Å². The van der Waals surface area contributed by atoms with Gasteiger partial charge in [-0.15, -0.1) is 10.2 Å². The van der Waals surface area contributed by atoms with Crippen LogP contribution in [0.5, 0.6) is 11.5 Å². The first-order valence-corrected chi connectivity index (χ1v) is 10.4. The highest BCUT2D eigenvalue weighted by molar-refractivity contribution is 5.81. The van der Waals surface area contributed by atoms with E-state index in [1.54, 1.807) is 14.2 Å². The van der Waals surface area contributed by atoms with Crippen molar-refractivity contribution in [2.45, 2.75) is 32.9 Å². The fraction of sp³-hybridized carbons (Fsp3) is 0.391. The van der Waals surface area contributed by atoms with E-state index in [1.807, 2.05) is 61.2 Å². The molecule has 0 saturated carbocycles. The molecular formula is C23H27N5O3. The molecule has 0 radical (unpaired) electrons. The molecule has 0 bridgehead atoms. The van der Waals surface area contributed by atoms with Gasteiger partial charge in [0.1, 0.15) is 0 Å². The van der Waals surface area contributed by atoms with Crippen molar-refractivity contribution in [2.24, 2.45) is 5.92 Å². The lowest BCUT2D eigenvalue weighted by molar-refractivity contribution is -0.137. The highest BCUT2D eigenvalue weighted by atomic mass is 16.5. The minimum atomic E-state index is -0.522. The Labute approximate surface area is 181 Å². The van der Waals surface area contributed by atoms with Crippen molar-refractivity contribution in [1.82, 2.24) is 25.1 Å². The standard InChI is InChI=1S/C23H27N5O3/c1-15(2)21(28-25-22(24-26-28)16-8-6-5-7-9-16)23(29)27-11-10-17-12-19(30-3)20(31-4)13-18(17)14-27/h5-9,12-13,15,21H,10-11,14H2,1-4H3. The molecule has 2 heterocycles. The van der Waals surface area contributed by atoms with Gasteiger partial charge in [-0.1, -0.05) is 44.2 Å². The third-order valence-electron chi connectivity index (χ3n) is 5.62. The van der Waals surface area contributed by atoms with Crippen LogP contribution >= 0.6 is 0 Å². The Balaban J connectivity index is 1.58. The van der Waals surface area contributed by atoms with Crippen molar-refractivity contribution in [3.63, 3.8) is 0 Å². The fourth-order valence-corrected chi connectivity index (χ4v) is 3.95. The van der Waals surface area contributed by atoms with Gasteiger partial charge in [-0.25, -0.2) is 0 Å². The molecule has 8 heteroatoms. The van der Waals surface area contributed by atoms with Crippen molar-refractivity contribution in [2.75, 3.05) is 20.8 Å². The number of hydrogen-bond donors (Lipinski definition) is 0. The topological polar surface area (TPSA) is 82.4 Å². The number of methoxy groups -OCH3 is 2. The Kier molecular flexibility index (Phi) is 5.88. The monoisotopic (exact) mass is 421 g/mol. The van der Waals surface area contributed by atoms with Gasteiger partial charge in [0, 0.05) is 18.7 Å². The minimum absolute atomic E-state index is 0.00699. The number of ether oxygens (including phenoxy) is 2. The molecule has 31 heavy (non-hydrogen) atoms. The SMILES string of the molecule is COc1cc2c(cc1OC)CN(C(=O)C(C(C)C)n1nnc(-c3ccccc3)n1)CC2. The van der Waals surface area contributed by atoms with Gasteiger partial charge in [0.05, 0.1) is 14.2 Å². The molecule has 4 rings (SSSR count). The molecule has 1 aliphatic heterocycles. The molecule has 3 aromatic rings. The van der Waals surface area contributed by atoms with E-state index in [0.717, 1.165) is 17.5 Å². The summed E-state index contributed by atoms with van der Waals surface area (Å²) in [6, 6.07) is 13.1. The highest BCUT2D eigenvalue weighted by Crippen LogP contribution is 2.34. The predicted octanol–water partition coefficient (Wildman–Crippen LogP) is 3.14. The molecule has 1 aliphatic rings. The number of carbonyl (C=O) groups excluding carboxylic acids is 1. The average molecular weight is 422 g/mol. The molecule has 2 aromatic carbocycles. The van der Waals surface area contributed by atoms with E-state index in [9.17, 15) is 4.79 Å². The number of rotatable bonds is 6. The average Bonchev–Trinajstić information content (AvgIpc) is 3.27. The van der Waals surface area contributed by atoms with Crippen LogP contribution in [-0.2, 0) is 17.8 Å². The Hall–Kier alpha value is -3.42. The third kappa shape index (κ3) is 4.10. The fourth-order valence-electron chi connectivity index (χ4n) is 3.95. The minimum Gasteiger partial charge on any atom is -0.493 e. The summed E-state index contributed by atoms with van der Waals surface area (Å²) in [6.45, 7) is 5.14. The largest absolute Gasteiger partial charge is 0.493 e. The summed E-state index contributed by atoms with van der Waals surface area (Å²) in [6.07, 6.45) is 0.756. The van der Waals surface area contributed by atoms with Crippen LogP contribution in [0.4, 0.5) is 0 Å². The van der Waals surface area contributed by atoms with Gasteiger partial charge in [-0.3, -0.25) is 4.79 Å².